The summed E-state index contributed by atoms with van der Waals surface area (Å²) in [7, 11) is 0.846. The number of hydrogen-bond acceptors (Lipinski definition) is 7. The van der Waals surface area contributed by atoms with Crippen LogP contribution >= 0.6 is 0 Å². The maximum atomic E-state index is 13.3. The molecule has 2 unspecified atom stereocenters. The van der Waals surface area contributed by atoms with Gasteiger partial charge in [-0.3, -0.25) is 14.6 Å². The monoisotopic (exact) mass is 482 g/mol. The van der Waals surface area contributed by atoms with Crippen LogP contribution < -0.4 is 10.6 Å². The number of methoxy groups -OCH3 is 1. The molecule has 3 rings (SSSR count). The Kier molecular flexibility index (Phi) is 8.99. The Bertz CT molecular complexity index is 958. The molecule has 1 aliphatic rings. The molecular formula is C25H35BN4O5. The van der Waals surface area contributed by atoms with Gasteiger partial charge in [-0.2, -0.15) is 0 Å². The zero-order valence-corrected chi connectivity index (χ0v) is 21.1. The minimum Gasteiger partial charge on any atom is -0.402 e. The molecule has 0 bridgehead atoms. The van der Waals surface area contributed by atoms with Gasteiger partial charge in [0.1, 0.15) is 11.7 Å². The number of aromatic nitrogens is 2. The van der Waals surface area contributed by atoms with Gasteiger partial charge >= 0.3 is 7.12 Å². The molecule has 188 valence electrons. The Hall–Kier alpha value is -2.82. The van der Waals surface area contributed by atoms with Crippen molar-refractivity contribution in [2.24, 2.45) is 0 Å². The average Bonchev–Trinajstić information content (AvgIpc) is 3.05. The van der Waals surface area contributed by atoms with Gasteiger partial charge in [0.15, 0.2) is 0 Å². The molecule has 2 aromatic rings. The third kappa shape index (κ3) is 7.10. The highest BCUT2D eigenvalue weighted by Gasteiger charge is 2.54. The van der Waals surface area contributed by atoms with Crippen molar-refractivity contribution in [3.8, 4) is 0 Å². The molecule has 0 saturated carbocycles. The van der Waals surface area contributed by atoms with Gasteiger partial charge < -0.3 is 24.7 Å². The van der Waals surface area contributed by atoms with Crippen LogP contribution in [0.25, 0.3) is 0 Å². The highest BCUT2D eigenvalue weighted by Crippen LogP contribution is 2.38. The second kappa shape index (κ2) is 11.7. The van der Waals surface area contributed by atoms with Crippen LogP contribution in [0.3, 0.4) is 0 Å². The number of aryl methyl sites for hydroxylation is 1. The van der Waals surface area contributed by atoms with E-state index < -0.39 is 36.2 Å². The standard InChI is InChI=1S/C25H35BN4O5/c1-24(2)25(3,4)35-26(34-24)21(13-9-12-18-10-7-6-8-11-18)30-23(32)20(17-33-5)29-22(31)19-16-27-14-15-28-19/h6-8,10-11,14-16,20-21H,9,12-13,17H2,1-5H3,(H,29,31)(H,30,32). The average molecular weight is 482 g/mol. The summed E-state index contributed by atoms with van der Waals surface area (Å²) in [6, 6.07) is 9.25. The predicted molar refractivity (Wildman–Crippen MR) is 133 cm³/mol. The smallest absolute Gasteiger partial charge is 0.402 e. The third-order valence-corrected chi connectivity index (χ3v) is 6.50. The number of carbonyl (C=O) groups excluding carboxylic acids is 2. The van der Waals surface area contributed by atoms with Crippen molar-refractivity contribution < 1.29 is 23.6 Å². The summed E-state index contributed by atoms with van der Waals surface area (Å²) in [6.45, 7) is 7.91. The summed E-state index contributed by atoms with van der Waals surface area (Å²) in [5.41, 5.74) is 0.269. The Morgan fingerprint density at radius 1 is 1.06 bits per heavy atom. The van der Waals surface area contributed by atoms with Crippen molar-refractivity contribution in [3.05, 3.63) is 60.2 Å². The van der Waals surface area contributed by atoms with Crippen molar-refractivity contribution in [2.75, 3.05) is 13.7 Å². The molecule has 2 heterocycles. The molecule has 10 heteroatoms. The number of hydrogen-bond donors (Lipinski definition) is 2. The zero-order valence-electron chi connectivity index (χ0n) is 21.1. The molecule has 1 aromatic carbocycles. The van der Waals surface area contributed by atoms with Gasteiger partial charge in [-0.1, -0.05) is 30.3 Å². The van der Waals surface area contributed by atoms with Gasteiger partial charge in [-0.25, -0.2) is 4.98 Å². The lowest BCUT2D eigenvalue weighted by Crippen LogP contribution is -2.56. The number of amides is 2. The lowest BCUT2D eigenvalue weighted by molar-refractivity contribution is -0.124. The zero-order chi connectivity index (χ0) is 25.5. The first-order valence-electron chi connectivity index (χ1n) is 11.9. The van der Waals surface area contributed by atoms with E-state index in [2.05, 4.69) is 32.7 Å². The normalized spacial score (nSPS) is 18.0. The topological polar surface area (TPSA) is 112 Å². The molecular weight excluding hydrogens is 447 g/mol. The molecule has 0 spiro atoms. The highest BCUT2D eigenvalue weighted by molar-refractivity contribution is 6.48. The lowest BCUT2D eigenvalue weighted by atomic mass is 9.75. The SMILES string of the molecule is COCC(NC(=O)c1cnccn1)C(=O)NC(CCCc1ccccc1)B1OC(C)(C)C(C)(C)O1. The van der Waals surface area contributed by atoms with E-state index in [0.29, 0.717) is 6.42 Å². The van der Waals surface area contributed by atoms with Crippen molar-refractivity contribution in [1.29, 1.82) is 0 Å². The fourth-order valence-corrected chi connectivity index (χ4v) is 3.78. The summed E-state index contributed by atoms with van der Waals surface area (Å²) in [5.74, 6) is -1.31. The lowest BCUT2D eigenvalue weighted by Gasteiger charge is -2.32. The largest absolute Gasteiger partial charge is 0.481 e. The minimum absolute atomic E-state index is 0.00205. The number of ether oxygens (including phenoxy) is 1. The quantitative estimate of drug-likeness (QED) is 0.473. The molecule has 2 atom stereocenters. The van der Waals surface area contributed by atoms with Crippen molar-refractivity contribution in [3.63, 3.8) is 0 Å². The van der Waals surface area contributed by atoms with Crippen LogP contribution in [0.5, 0.6) is 0 Å². The summed E-state index contributed by atoms with van der Waals surface area (Å²) in [5, 5.41) is 5.73. The van der Waals surface area contributed by atoms with Gasteiger partial charge in [0.05, 0.1) is 29.9 Å². The number of carbonyl (C=O) groups is 2. The Morgan fingerprint density at radius 2 is 1.74 bits per heavy atom. The van der Waals surface area contributed by atoms with E-state index in [0.717, 1.165) is 12.8 Å². The van der Waals surface area contributed by atoms with Crippen molar-refractivity contribution in [1.82, 2.24) is 20.6 Å². The molecule has 1 fully saturated rings. The van der Waals surface area contributed by atoms with Crippen LogP contribution in [0, 0.1) is 0 Å². The maximum Gasteiger partial charge on any atom is 0.481 e. The van der Waals surface area contributed by atoms with Gasteiger partial charge in [0.2, 0.25) is 5.91 Å². The summed E-state index contributed by atoms with van der Waals surface area (Å²) in [4.78, 5) is 33.7. The van der Waals surface area contributed by atoms with Gasteiger partial charge in [0.25, 0.3) is 5.91 Å². The molecule has 1 aliphatic heterocycles. The van der Waals surface area contributed by atoms with E-state index in [1.807, 2.05) is 45.9 Å². The fraction of sp³-hybridized carbons (Fsp3) is 0.520. The maximum absolute atomic E-state index is 13.3. The van der Waals surface area contributed by atoms with Crippen LogP contribution in [0.15, 0.2) is 48.9 Å². The van der Waals surface area contributed by atoms with E-state index in [1.54, 1.807) is 0 Å². The van der Waals surface area contributed by atoms with Crippen LogP contribution in [0.1, 0.15) is 56.6 Å². The Morgan fingerprint density at radius 3 is 2.34 bits per heavy atom. The molecule has 1 saturated heterocycles. The van der Waals surface area contributed by atoms with E-state index >= 15 is 0 Å². The van der Waals surface area contributed by atoms with Crippen LogP contribution in [-0.2, 0) is 25.3 Å². The second-order valence-electron chi connectivity index (χ2n) is 9.69. The molecule has 2 amide bonds. The molecule has 2 N–H and O–H groups in total. The summed E-state index contributed by atoms with van der Waals surface area (Å²) < 4.78 is 17.7. The van der Waals surface area contributed by atoms with Gasteiger partial charge in [0, 0.05) is 19.5 Å². The highest BCUT2D eigenvalue weighted by atomic mass is 16.7. The number of rotatable bonds is 11. The summed E-state index contributed by atoms with van der Waals surface area (Å²) >= 11 is 0. The fourth-order valence-electron chi connectivity index (χ4n) is 3.78. The first-order valence-corrected chi connectivity index (χ1v) is 11.9. The van der Waals surface area contributed by atoms with Gasteiger partial charge in [-0.05, 0) is 52.5 Å². The molecule has 9 nitrogen and oxygen atoms in total. The predicted octanol–water partition coefficient (Wildman–Crippen LogP) is 2.36. The Labute approximate surface area is 207 Å². The minimum atomic E-state index is -0.923. The van der Waals surface area contributed by atoms with Crippen LogP contribution in [0.2, 0.25) is 0 Å². The number of benzene rings is 1. The van der Waals surface area contributed by atoms with Crippen LogP contribution in [-0.4, -0.2) is 65.8 Å². The van der Waals surface area contributed by atoms with Gasteiger partial charge in [-0.15, -0.1) is 0 Å². The number of nitrogens with zero attached hydrogens (tertiary/aromatic N) is 2. The van der Waals surface area contributed by atoms with Crippen molar-refractivity contribution in [2.45, 2.75) is 70.1 Å². The van der Waals surface area contributed by atoms with Crippen molar-refractivity contribution >= 4 is 18.9 Å². The van der Waals surface area contributed by atoms with E-state index in [4.69, 9.17) is 14.0 Å². The molecule has 35 heavy (non-hydrogen) atoms. The first-order chi connectivity index (χ1) is 16.6. The third-order valence-electron chi connectivity index (χ3n) is 6.50. The van der Waals surface area contributed by atoms with E-state index in [9.17, 15) is 9.59 Å². The first kappa shape index (κ1) is 26.8. The van der Waals surface area contributed by atoms with Crippen LogP contribution in [0.4, 0.5) is 0 Å². The number of nitrogens with one attached hydrogen (secondary N) is 2. The molecule has 0 aliphatic carbocycles. The Balaban J connectivity index is 1.71. The van der Waals surface area contributed by atoms with E-state index in [1.165, 1.54) is 31.3 Å². The van der Waals surface area contributed by atoms with E-state index in [-0.39, 0.29) is 18.2 Å². The second-order valence-corrected chi connectivity index (χ2v) is 9.69. The summed E-state index contributed by atoms with van der Waals surface area (Å²) in [6.07, 6.45) is 6.54. The molecule has 0 radical (unpaired) electrons. The molecule has 1 aromatic heterocycles.